The molecule has 0 unspecified atom stereocenters. The third-order valence-electron chi connectivity index (χ3n) is 4.45. The Morgan fingerprint density at radius 2 is 1.59 bits per heavy atom. The molecule has 4 rings (SSSR count). The van der Waals surface area contributed by atoms with Gasteiger partial charge in [-0.2, -0.15) is 0 Å². The Kier molecular flexibility index (Phi) is 4.38. The molecule has 0 fully saturated rings. The Hall–Kier alpha value is -3.53. The van der Waals surface area contributed by atoms with E-state index in [9.17, 15) is 9.18 Å². The van der Waals surface area contributed by atoms with Crippen molar-refractivity contribution in [2.24, 2.45) is 0 Å². The molecule has 0 radical (unpaired) electrons. The van der Waals surface area contributed by atoms with E-state index in [1.54, 1.807) is 28.8 Å². The van der Waals surface area contributed by atoms with Crippen LogP contribution in [0.25, 0.3) is 28.7 Å². The highest BCUT2D eigenvalue weighted by molar-refractivity contribution is 5.80. The molecule has 1 heterocycles. The van der Waals surface area contributed by atoms with Gasteiger partial charge in [-0.15, -0.1) is 0 Å². The summed E-state index contributed by atoms with van der Waals surface area (Å²) in [5.41, 5.74) is 3.13. The van der Waals surface area contributed by atoms with Gasteiger partial charge in [0.05, 0.1) is 16.6 Å². The SMILES string of the molecule is Cc1ccccc1-n1c(/C=C/c2ccc(F)cc2)nc2ccccc2c1=O. The zero-order valence-corrected chi connectivity index (χ0v) is 14.8. The summed E-state index contributed by atoms with van der Waals surface area (Å²) in [5, 5.41) is 0.569. The predicted molar refractivity (Wildman–Crippen MR) is 107 cm³/mol. The van der Waals surface area contributed by atoms with Crippen LogP contribution in [0.2, 0.25) is 0 Å². The highest BCUT2D eigenvalue weighted by atomic mass is 19.1. The van der Waals surface area contributed by atoms with Crippen molar-refractivity contribution >= 4 is 23.1 Å². The molecular weight excluding hydrogens is 339 g/mol. The molecule has 0 saturated heterocycles. The van der Waals surface area contributed by atoms with Crippen LogP contribution in [0.15, 0.2) is 77.6 Å². The summed E-state index contributed by atoms with van der Waals surface area (Å²) in [4.78, 5) is 17.9. The van der Waals surface area contributed by atoms with E-state index in [4.69, 9.17) is 0 Å². The number of hydrogen-bond donors (Lipinski definition) is 0. The number of nitrogens with zero attached hydrogens (tertiary/aromatic N) is 2. The highest BCUT2D eigenvalue weighted by Crippen LogP contribution is 2.18. The lowest BCUT2D eigenvalue weighted by Crippen LogP contribution is -2.23. The topological polar surface area (TPSA) is 34.9 Å². The first-order chi connectivity index (χ1) is 13.1. The van der Waals surface area contributed by atoms with E-state index in [-0.39, 0.29) is 11.4 Å². The second-order valence-electron chi connectivity index (χ2n) is 6.30. The molecule has 0 bridgehead atoms. The van der Waals surface area contributed by atoms with Gasteiger partial charge in [-0.3, -0.25) is 9.36 Å². The maximum absolute atomic E-state index is 13.2. The van der Waals surface area contributed by atoms with E-state index >= 15 is 0 Å². The first kappa shape index (κ1) is 16.9. The van der Waals surface area contributed by atoms with Crippen LogP contribution in [0.5, 0.6) is 0 Å². The Morgan fingerprint density at radius 1 is 0.889 bits per heavy atom. The van der Waals surface area contributed by atoms with Crippen molar-refractivity contribution in [1.82, 2.24) is 9.55 Å². The molecule has 0 atom stereocenters. The van der Waals surface area contributed by atoms with Crippen LogP contribution in [-0.4, -0.2) is 9.55 Å². The Morgan fingerprint density at radius 3 is 2.37 bits per heavy atom. The zero-order chi connectivity index (χ0) is 18.8. The van der Waals surface area contributed by atoms with Gasteiger partial charge in [-0.25, -0.2) is 9.37 Å². The number of aromatic nitrogens is 2. The zero-order valence-electron chi connectivity index (χ0n) is 14.8. The number of fused-ring (bicyclic) bond motifs is 1. The summed E-state index contributed by atoms with van der Waals surface area (Å²) in [6.45, 7) is 1.96. The van der Waals surface area contributed by atoms with Gasteiger partial charge in [-0.1, -0.05) is 48.5 Å². The van der Waals surface area contributed by atoms with Crippen LogP contribution in [-0.2, 0) is 0 Å². The summed E-state index contributed by atoms with van der Waals surface area (Å²) in [5.74, 6) is 0.241. The molecule has 0 aliphatic carbocycles. The molecule has 4 aromatic rings. The minimum absolute atomic E-state index is 0.117. The lowest BCUT2D eigenvalue weighted by Gasteiger charge is -2.13. The molecule has 4 heteroatoms. The summed E-state index contributed by atoms with van der Waals surface area (Å²) in [6.07, 6.45) is 3.61. The van der Waals surface area contributed by atoms with Crippen molar-refractivity contribution in [3.63, 3.8) is 0 Å². The first-order valence-corrected chi connectivity index (χ1v) is 8.65. The molecule has 1 aromatic heterocycles. The number of hydrogen-bond acceptors (Lipinski definition) is 2. The van der Waals surface area contributed by atoms with Crippen LogP contribution in [0.1, 0.15) is 17.0 Å². The Bertz CT molecular complexity index is 1210. The van der Waals surface area contributed by atoms with E-state index < -0.39 is 0 Å². The van der Waals surface area contributed by atoms with Crippen molar-refractivity contribution in [2.45, 2.75) is 6.92 Å². The lowest BCUT2D eigenvalue weighted by molar-refractivity contribution is 0.628. The number of halogens is 1. The molecule has 132 valence electrons. The standard InChI is InChI=1S/C23H17FN2O/c1-16-6-2-5-9-21(16)26-22(15-12-17-10-13-18(24)14-11-17)25-20-8-4-3-7-19(20)23(26)27/h2-15H,1H3/b15-12+. The molecule has 27 heavy (non-hydrogen) atoms. The lowest BCUT2D eigenvalue weighted by atomic mass is 10.1. The van der Waals surface area contributed by atoms with Crippen molar-refractivity contribution in [1.29, 1.82) is 0 Å². The molecular formula is C23H17FN2O. The number of rotatable bonds is 3. The van der Waals surface area contributed by atoms with Crippen molar-refractivity contribution in [2.75, 3.05) is 0 Å². The highest BCUT2D eigenvalue weighted by Gasteiger charge is 2.12. The largest absolute Gasteiger partial charge is 0.268 e. The average molecular weight is 356 g/mol. The molecule has 0 amide bonds. The van der Waals surface area contributed by atoms with E-state index in [0.29, 0.717) is 16.7 Å². The van der Waals surface area contributed by atoms with Gasteiger partial charge < -0.3 is 0 Å². The van der Waals surface area contributed by atoms with Crippen LogP contribution in [0, 0.1) is 12.7 Å². The predicted octanol–water partition coefficient (Wildman–Crippen LogP) is 5.00. The molecule has 3 aromatic carbocycles. The van der Waals surface area contributed by atoms with Crippen LogP contribution in [0.4, 0.5) is 4.39 Å². The number of aryl methyl sites for hydroxylation is 1. The van der Waals surface area contributed by atoms with Crippen molar-refractivity contribution < 1.29 is 4.39 Å². The molecule has 0 aliphatic rings. The Labute approximate surface area is 156 Å². The minimum atomic E-state index is -0.284. The van der Waals surface area contributed by atoms with E-state index in [0.717, 1.165) is 16.8 Å². The van der Waals surface area contributed by atoms with Gasteiger partial charge in [0.15, 0.2) is 0 Å². The summed E-state index contributed by atoms with van der Waals surface area (Å²) in [6, 6.07) is 21.2. The van der Waals surface area contributed by atoms with Gasteiger partial charge in [-0.05, 0) is 54.5 Å². The molecule has 0 aliphatic heterocycles. The van der Waals surface area contributed by atoms with Gasteiger partial charge in [0, 0.05) is 0 Å². The minimum Gasteiger partial charge on any atom is -0.268 e. The van der Waals surface area contributed by atoms with Gasteiger partial charge in [0.2, 0.25) is 0 Å². The third-order valence-corrected chi connectivity index (χ3v) is 4.45. The number of para-hydroxylation sites is 2. The second kappa shape index (κ2) is 7.00. The van der Waals surface area contributed by atoms with Crippen molar-refractivity contribution in [3.8, 4) is 5.69 Å². The summed E-state index contributed by atoms with van der Waals surface area (Å²) < 4.78 is 14.7. The molecule has 0 spiro atoms. The fourth-order valence-corrected chi connectivity index (χ4v) is 3.05. The van der Waals surface area contributed by atoms with E-state index in [1.807, 2.05) is 55.5 Å². The number of benzene rings is 3. The van der Waals surface area contributed by atoms with E-state index in [2.05, 4.69) is 4.98 Å². The van der Waals surface area contributed by atoms with Gasteiger partial charge >= 0.3 is 0 Å². The monoisotopic (exact) mass is 356 g/mol. The van der Waals surface area contributed by atoms with E-state index in [1.165, 1.54) is 12.1 Å². The average Bonchev–Trinajstić information content (AvgIpc) is 2.69. The fraction of sp³-hybridized carbons (Fsp3) is 0.0435. The van der Waals surface area contributed by atoms with Crippen LogP contribution >= 0.6 is 0 Å². The van der Waals surface area contributed by atoms with Crippen LogP contribution in [0.3, 0.4) is 0 Å². The normalized spacial score (nSPS) is 11.3. The summed E-state index contributed by atoms with van der Waals surface area (Å²) in [7, 11) is 0. The smallest absolute Gasteiger partial charge is 0.266 e. The molecule has 0 N–H and O–H groups in total. The molecule has 0 saturated carbocycles. The quantitative estimate of drug-likeness (QED) is 0.517. The third kappa shape index (κ3) is 3.29. The Balaban J connectivity index is 1.95. The summed E-state index contributed by atoms with van der Waals surface area (Å²) >= 11 is 0. The first-order valence-electron chi connectivity index (χ1n) is 8.65. The van der Waals surface area contributed by atoms with Crippen LogP contribution < -0.4 is 5.56 Å². The fourth-order valence-electron chi connectivity index (χ4n) is 3.05. The second-order valence-corrected chi connectivity index (χ2v) is 6.30. The maximum atomic E-state index is 13.2. The maximum Gasteiger partial charge on any atom is 0.266 e. The van der Waals surface area contributed by atoms with Gasteiger partial charge in [0.1, 0.15) is 11.6 Å². The van der Waals surface area contributed by atoms with Gasteiger partial charge in [0.25, 0.3) is 5.56 Å². The molecule has 3 nitrogen and oxygen atoms in total. The van der Waals surface area contributed by atoms with Crippen molar-refractivity contribution in [3.05, 3.63) is 106 Å².